The fourth-order valence-corrected chi connectivity index (χ4v) is 4.76. The summed E-state index contributed by atoms with van der Waals surface area (Å²) in [5.74, 6) is -0.102. The van der Waals surface area contributed by atoms with Crippen LogP contribution in [-0.4, -0.2) is 67.3 Å². The molecule has 1 unspecified atom stereocenters. The first-order valence-corrected chi connectivity index (χ1v) is 11.4. The molecule has 2 aliphatic rings. The third-order valence-corrected chi connectivity index (χ3v) is 6.61. The molecule has 0 bridgehead atoms. The largest absolute Gasteiger partial charge is 0.390 e. The SMILES string of the molecule is CNC(=O)c1ccccc1N1CC(NC2CCN(Cc3ccc(Cl)cc3)CC2)[C@H](O)C1. The molecule has 1 amide bonds. The molecule has 0 radical (unpaired) electrons. The Morgan fingerprint density at radius 1 is 1.10 bits per heavy atom. The van der Waals surface area contributed by atoms with E-state index >= 15 is 0 Å². The van der Waals surface area contributed by atoms with E-state index in [0.29, 0.717) is 24.7 Å². The Balaban J connectivity index is 1.30. The molecule has 0 spiro atoms. The molecule has 31 heavy (non-hydrogen) atoms. The molecule has 7 heteroatoms. The van der Waals surface area contributed by atoms with Gasteiger partial charge in [0.1, 0.15) is 0 Å². The van der Waals surface area contributed by atoms with Gasteiger partial charge in [-0.3, -0.25) is 9.69 Å². The number of amides is 1. The number of benzene rings is 2. The molecule has 2 aromatic carbocycles. The number of carbonyl (C=O) groups is 1. The van der Waals surface area contributed by atoms with Gasteiger partial charge >= 0.3 is 0 Å². The Kier molecular flexibility index (Phi) is 7.13. The van der Waals surface area contributed by atoms with Crippen molar-refractivity contribution in [1.82, 2.24) is 15.5 Å². The third kappa shape index (κ3) is 5.39. The third-order valence-electron chi connectivity index (χ3n) is 6.36. The van der Waals surface area contributed by atoms with Gasteiger partial charge in [0.15, 0.2) is 0 Å². The molecule has 3 N–H and O–H groups in total. The Hall–Kier alpha value is -2.12. The topological polar surface area (TPSA) is 67.8 Å². The van der Waals surface area contributed by atoms with E-state index in [9.17, 15) is 9.90 Å². The highest BCUT2D eigenvalue weighted by atomic mass is 35.5. The zero-order chi connectivity index (χ0) is 21.8. The van der Waals surface area contributed by atoms with Gasteiger partial charge in [-0.25, -0.2) is 0 Å². The molecule has 0 saturated carbocycles. The second kappa shape index (κ2) is 10.0. The summed E-state index contributed by atoms with van der Waals surface area (Å²) >= 11 is 5.98. The van der Waals surface area contributed by atoms with E-state index in [2.05, 4.69) is 32.6 Å². The van der Waals surface area contributed by atoms with Crippen molar-refractivity contribution >= 4 is 23.2 Å². The molecule has 2 saturated heterocycles. The van der Waals surface area contributed by atoms with Crippen LogP contribution < -0.4 is 15.5 Å². The van der Waals surface area contributed by atoms with Crippen LogP contribution in [0.4, 0.5) is 5.69 Å². The van der Waals surface area contributed by atoms with Crippen molar-refractivity contribution in [2.45, 2.75) is 37.6 Å². The molecule has 2 atom stereocenters. The number of aliphatic hydroxyl groups excluding tert-OH is 1. The van der Waals surface area contributed by atoms with Crippen LogP contribution in [0.15, 0.2) is 48.5 Å². The summed E-state index contributed by atoms with van der Waals surface area (Å²) in [5.41, 5.74) is 2.81. The molecule has 2 heterocycles. The lowest BCUT2D eigenvalue weighted by molar-refractivity contribution is 0.0963. The molecule has 4 rings (SSSR count). The molecular formula is C24H31ClN4O2. The monoisotopic (exact) mass is 442 g/mol. The average molecular weight is 443 g/mol. The van der Waals surface area contributed by atoms with Crippen molar-refractivity contribution in [2.75, 3.05) is 38.1 Å². The standard InChI is InChI=1S/C24H31ClN4O2/c1-26-24(31)20-4-2-3-5-22(20)29-15-21(23(30)16-29)27-19-10-12-28(13-11-19)14-17-6-8-18(25)9-7-17/h2-9,19,21,23,27,30H,10-16H2,1H3,(H,26,31)/t21?,23-/m1/s1. The molecule has 2 fully saturated rings. The lowest BCUT2D eigenvalue weighted by atomic mass is 10.0. The Morgan fingerprint density at radius 2 is 1.81 bits per heavy atom. The number of likely N-dealkylation sites (tertiary alicyclic amines) is 1. The number of carbonyl (C=O) groups excluding carboxylic acids is 1. The van der Waals surface area contributed by atoms with Gasteiger partial charge < -0.3 is 20.6 Å². The number of hydrogen-bond acceptors (Lipinski definition) is 5. The van der Waals surface area contributed by atoms with Crippen LogP contribution in [0.2, 0.25) is 5.02 Å². The van der Waals surface area contributed by atoms with E-state index in [0.717, 1.165) is 43.2 Å². The molecule has 2 aromatic rings. The van der Waals surface area contributed by atoms with Crippen molar-refractivity contribution in [2.24, 2.45) is 0 Å². The van der Waals surface area contributed by atoms with Gasteiger partial charge in [0.05, 0.1) is 17.7 Å². The summed E-state index contributed by atoms with van der Waals surface area (Å²) in [7, 11) is 1.64. The van der Waals surface area contributed by atoms with Crippen molar-refractivity contribution in [3.05, 3.63) is 64.7 Å². The van der Waals surface area contributed by atoms with Gasteiger partial charge in [0.25, 0.3) is 5.91 Å². The van der Waals surface area contributed by atoms with Crippen LogP contribution in [0.5, 0.6) is 0 Å². The zero-order valence-corrected chi connectivity index (χ0v) is 18.7. The van der Waals surface area contributed by atoms with E-state index in [1.807, 2.05) is 36.4 Å². The van der Waals surface area contributed by atoms with Gasteiger partial charge in [0, 0.05) is 43.4 Å². The van der Waals surface area contributed by atoms with Gasteiger partial charge in [-0.2, -0.15) is 0 Å². The van der Waals surface area contributed by atoms with Crippen molar-refractivity contribution < 1.29 is 9.90 Å². The zero-order valence-electron chi connectivity index (χ0n) is 17.9. The Labute approximate surface area is 189 Å². The molecular weight excluding hydrogens is 412 g/mol. The highest BCUT2D eigenvalue weighted by Crippen LogP contribution is 2.26. The number of nitrogens with zero attached hydrogens (tertiary/aromatic N) is 2. The van der Waals surface area contributed by atoms with Gasteiger partial charge in [-0.1, -0.05) is 35.9 Å². The van der Waals surface area contributed by atoms with E-state index in [1.54, 1.807) is 7.05 Å². The molecule has 166 valence electrons. The number of aliphatic hydroxyl groups is 1. The second-order valence-corrected chi connectivity index (χ2v) is 8.96. The minimum absolute atomic E-state index is 0.00515. The summed E-state index contributed by atoms with van der Waals surface area (Å²) in [4.78, 5) is 16.8. The van der Waals surface area contributed by atoms with Crippen molar-refractivity contribution in [3.8, 4) is 0 Å². The van der Waals surface area contributed by atoms with Crippen molar-refractivity contribution in [1.29, 1.82) is 0 Å². The van der Waals surface area contributed by atoms with Crippen molar-refractivity contribution in [3.63, 3.8) is 0 Å². The van der Waals surface area contributed by atoms with Crippen LogP contribution in [0, 0.1) is 0 Å². The quantitative estimate of drug-likeness (QED) is 0.641. The Morgan fingerprint density at radius 3 is 2.52 bits per heavy atom. The molecule has 6 nitrogen and oxygen atoms in total. The van der Waals surface area contributed by atoms with Gasteiger partial charge in [-0.05, 0) is 55.8 Å². The predicted octanol–water partition coefficient (Wildman–Crippen LogP) is 2.50. The van der Waals surface area contributed by atoms with Crippen LogP contribution >= 0.6 is 11.6 Å². The van der Waals surface area contributed by atoms with Gasteiger partial charge in [-0.15, -0.1) is 0 Å². The van der Waals surface area contributed by atoms with E-state index in [4.69, 9.17) is 11.6 Å². The maximum absolute atomic E-state index is 12.2. The predicted molar refractivity (Wildman–Crippen MR) is 125 cm³/mol. The lowest BCUT2D eigenvalue weighted by Crippen LogP contribution is -2.49. The summed E-state index contributed by atoms with van der Waals surface area (Å²) < 4.78 is 0. The number of piperidine rings is 1. The summed E-state index contributed by atoms with van der Waals surface area (Å²) in [6, 6.07) is 16.1. The number of para-hydroxylation sites is 1. The van der Waals surface area contributed by atoms with Crippen LogP contribution in [0.1, 0.15) is 28.8 Å². The molecule has 0 aliphatic carbocycles. The van der Waals surface area contributed by atoms with E-state index in [1.165, 1.54) is 5.56 Å². The maximum atomic E-state index is 12.2. The number of rotatable bonds is 6. The Bertz CT molecular complexity index is 883. The maximum Gasteiger partial charge on any atom is 0.253 e. The first-order valence-electron chi connectivity index (χ1n) is 11.0. The smallest absolute Gasteiger partial charge is 0.253 e. The van der Waals surface area contributed by atoms with Crippen LogP contribution in [-0.2, 0) is 6.54 Å². The first-order chi connectivity index (χ1) is 15.0. The molecule has 0 aromatic heterocycles. The van der Waals surface area contributed by atoms with Crippen LogP contribution in [0.25, 0.3) is 0 Å². The minimum atomic E-state index is -0.454. The summed E-state index contributed by atoms with van der Waals surface area (Å²) in [6.07, 6.45) is 1.67. The van der Waals surface area contributed by atoms with Crippen LogP contribution in [0.3, 0.4) is 0 Å². The highest BCUT2D eigenvalue weighted by Gasteiger charge is 2.34. The fourth-order valence-electron chi connectivity index (χ4n) is 4.63. The first kappa shape index (κ1) is 22.1. The molecule has 2 aliphatic heterocycles. The lowest BCUT2D eigenvalue weighted by Gasteiger charge is -2.34. The number of hydrogen-bond donors (Lipinski definition) is 3. The summed E-state index contributed by atoms with van der Waals surface area (Å²) in [5, 5.41) is 17.8. The summed E-state index contributed by atoms with van der Waals surface area (Å²) in [6.45, 7) is 4.24. The fraction of sp³-hybridized carbons (Fsp3) is 0.458. The average Bonchev–Trinajstić information content (AvgIpc) is 3.16. The normalized spacial score (nSPS) is 22.6. The highest BCUT2D eigenvalue weighted by molar-refractivity contribution is 6.30. The second-order valence-electron chi connectivity index (χ2n) is 8.52. The van der Waals surface area contributed by atoms with Gasteiger partial charge in [0.2, 0.25) is 0 Å². The number of nitrogens with one attached hydrogen (secondary N) is 2. The number of halogens is 1. The number of β-amino-alcohol motifs (C(OH)–C–C–N with tert-alkyl or cyclic N) is 1. The van der Waals surface area contributed by atoms with E-state index < -0.39 is 6.10 Å². The minimum Gasteiger partial charge on any atom is -0.390 e. The van der Waals surface area contributed by atoms with E-state index in [-0.39, 0.29) is 11.9 Å². The number of anilines is 1.